The number of nitrogens with zero attached hydrogens (tertiary/aromatic N) is 3. The molecule has 0 saturated heterocycles. The number of benzene rings is 1. The van der Waals surface area contributed by atoms with Gasteiger partial charge in [-0.2, -0.15) is 0 Å². The molecule has 0 amide bonds. The maximum atomic E-state index is 12.5. The van der Waals surface area contributed by atoms with Gasteiger partial charge in [0.1, 0.15) is 10.4 Å². The molecule has 2 heterocycles. The smallest absolute Gasteiger partial charge is 0.271 e. The standard InChI is InChI=1S/C16H15N3O4S/c1-10(2)23-14-4-3-12(19(21)22)7-11(14)8-18-9-17-13-5-6-24-15(13)16(18)20/h3-7,9-10H,8H2,1-2H3. The summed E-state index contributed by atoms with van der Waals surface area (Å²) in [5.41, 5.74) is 1.01. The molecule has 7 nitrogen and oxygen atoms in total. The van der Waals surface area contributed by atoms with Crippen LogP contribution in [0.25, 0.3) is 10.2 Å². The van der Waals surface area contributed by atoms with Crippen LogP contribution in [0.1, 0.15) is 19.4 Å². The van der Waals surface area contributed by atoms with E-state index in [-0.39, 0.29) is 23.9 Å². The quantitative estimate of drug-likeness (QED) is 0.523. The molecule has 3 rings (SSSR count). The van der Waals surface area contributed by atoms with Crippen LogP contribution in [0.15, 0.2) is 40.8 Å². The summed E-state index contributed by atoms with van der Waals surface area (Å²) in [6.45, 7) is 3.90. The number of nitro groups is 1. The summed E-state index contributed by atoms with van der Waals surface area (Å²) in [7, 11) is 0. The number of hydrogen-bond acceptors (Lipinski definition) is 6. The Hall–Kier alpha value is -2.74. The first-order chi connectivity index (χ1) is 11.5. The lowest BCUT2D eigenvalue weighted by Crippen LogP contribution is -2.21. The first-order valence-corrected chi connectivity index (χ1v) is 8.20. The van der Waals surface area contributed by atoms with Gasteiger partial charge in [0.25, 0.3) is 11.2 Å². The zero-order valence-corrected chi connectivity index (χ0v) is 13.9. The van der Waals surface area contributed by atoms with E-state index >= 15 is 0 Å². The Kier molecular flexibility index (Phi) is 4.30. The highest BCUT2D eigenvalue weighted by Crippen LogP contribution is 2.26. The molecule has 2 aromatic heterocycles. The number of fused-ring (bicyclic) bond motifs is 1. The number of hydrogen-bond donors (Lipinski definition) is 0. The summed E-state index contributed by atoms with van der Waals surface area (Å²) in [6, 6.07) is 6.18. The number of rotatable bonds is 5. The highest BCUT2D eigenvalue weighted by Gasteiger charge is 2.15. The molecule has 0 saturated carbocycles. The fourth-order valence-corrected chi connectivity index (χ4v) is 3.14. The number of thiophene rings is 1. The van der Waals surface area contributed by atoms with Crippen molar-refractivity contribution in [2.75, 3.05) is 0 Å². The number of aromatic nitrogens is 2. The second-order valence-corrected chi connectivity index (χ2v) is 6.44. The highest BCUT2D eigenvalue weighted by molar-refractivity contribution is 7.17. The highest BCUT2D eigenvalue weighted by atomic mass is 32.1. The molecule has 0 aliphatic rings. The third-order valence-corrected chi connectivity index (χ3v) is 4.29. The molecule has 3 aromatic rings. The number of nitro benzene ring substituents is 1. The largest absolute Gasteiger partial charge is 0.491 e. The van der Waals surface area contributed by atoms with Crippen LogP contribution in [-0.2, 0) is 6.54 Å². The predicted octanol–water partition coefficient (Wildman–Crippen LogP) is 3.20. The van der Waals surface area contributed by atoms with Gasteiger partial charge in [-0.15, -0.1) is 11.3 Å². The molecule has 0 atom stereocenters. The van der Waals surface area contributed by atoms with Crippen molar-refractivity contribution in [3.8, 4) is 5.75 Å². The number of ether oxygens (including phenoxy) is 1. The van der Waals surface area contributed by atoms with E-state index in [2.05, 4.69) is 4.98 Å². The molecule has 0 aliphatic carbocycles. The zero-order valence-electron chi connectivity index (χ0n) is 13.1. The Morgan fingerprint density at radius 1 is 1.38 bits per heavy atom. The Morgan fingerprint density at radius 2 is 2.17 bits per heavy atom. The van der Waals surface area contributed by atoms with E-state index in [4.69, 9.17) is 4.74 Å². The lowest BCUT2D eigenvalue weighted by atomic mass is 10.1. The Bertz CT molecular complexity index is 961. The van der Waals surface area contributed by atoms with E-state index in [1.54, 1.807) is 12.1 Å². The third kappa shape index (κ3) is 3.13. The molecule has 24 heavy (non-hydrogen) atoms. The van der Waals surface area contributed by atoms with Crippen molar-refractivity contribution in [3.05, 3.63) is 62.0 Å². The SMILES string of the molecule is CC(C)Oc1ccc([N+](=O)[O-])cc1Cn1cnc2ccsc2c1=O. The molecule has 0 radical (unpaired) electrons. The van der Waals surface area contributed by atoms with Crippen LogP contribution in [0, 0.1) is 10.1 Å². The molecule has 0 spiro atoms. The van der Waals surface area contributed by atoms with Crippen molar-refractivity contribution in [2.45, 2.75) is 26.5 Å². The minimum Gasteiger partial charge on any atom is -0.491 e. The van der Waals surface area contributed by atoms with Crippen molar-refractivity contribution in [1.82, 2.24) is 9.55 Å². The van der Waals surface area contributed by atoms with E-state index in [0.29, 0.717) is 21.5 Å². The summed E-state index contributed by atoms with van der Waals surface area (Å²) in [4.78, 5) is 27.3. The van der Waals surface area contributed by atoms with Crippen LogP contribution >= 0.6 is 11.3 Å². The van der Waals surface area contributed by atoms with E-state index in [1.807, 2.05) is 19.2 Å². The summed E-state index contributed by atoms with van der Waals surface area (Å²) in [5, 5.41) is 12.8. The third-order valence-electron chi connectivity index (χ3n) is 3.39. The van der Waals surface area contributed by atoms with Crippen LogP contribution in [0.3, 0.4) is 0 Å². The van der Waals surface area contributed by atoms with Gasteiger partial charge in [0.2, 0.25) is 0 Å². The monoisotopic (exact) mass is 345 g/mol. The van der Waals surface area contributed by atoms with E-state index in [1.165, 1.54) is 34.4 Å². The van der Waals surface area contributed by atoms with E-state index < -0.39 is 4.92 Å². The van der Waals surface area contributed by atoms with Gasteiger partial charge in [-0.3, -0.25) is 19.5 Å². The van der Waals surface area contributed by atoms with Crippen LogP contribution in [0.2, 0.25) is 0 Å². The minimum absolute atomic E-state index is 0.0423. The molecule has 0 aliphatic heterocycles. The van der Waals surface area contributed by atoms with Crippen LogP contribution in [0.5, 0.6) is 5.75 Å². The maximum absolute atomic E-state index is 12.5. The van der Waals surface area contributed by atoms with E-state index in [0.717, 1.165) is 0 Å². The summed E-state index contributed by atoms with van der Waals surface area (Å²) in [6.07, 6.45) is 1.37. The Balaban J connectivity index is 2.05. The lowest BCUT2D eigenvalue weighted by Gasteiger charge is -2.15. The van der Waals surface area contributed by atoms with Gasteiger partial charge in [-0.05, 0) is 31.4 Å². The average molecular weight is 345 g/mol. The second kappa shape index (κ2) is 6.40. The topological polar surface area (TPSA) is 87.3 Å². The molecule has 0 unspecified atom stereocenters. The Labute approximate surface area is 141 Å². The zero-order chi connectivity index (χ0) is 17.3. The van der Waals surface area contributed by atoms with Crippen molar-refractivity contribution in [2.24, 2.45) is 0 Å². The van der Waals surface area contributed by atoms with Crippen molar-refractivity contribution < 1.29 is 9.66 Å². The van der Waals surface area contributed by atoms with Gasteiger partial charge >= 0.3 is 0 Å². The molecule has 8 heteroatoms. The van der Waals surface area contributed by atoms with Gasteiger partial charge in [0, 0.05) is 17.7 Å². The molecule has 1 aromatic carbocycles. The summed E-state index contributed by atoms with van der Waals surface area (Å²) >= 11 is 1.33. The molecule has 0 bridgehead atoms. The fraction of sp³-hybridized carbons (Fsp3) is 0.250. The first-order valence-electron chi connectivity index (χ1n) is 7.32. The second-order valence-electron chi connectivity index (χ2n) is 5.53. The summed E-state index contributed by atoms with van der Waals surface area (Å²) < 4.78 is 7.71. The van der Waals surface area contributed by atoms with Gasteiger partial charge in [-0.1, -0.05) is 0 Å². The van der Waals surface area contributed by atoms with Crippen molar-refractivity contribution >= 4 is 27.2 Å². The van der Waals surface area contributed by atoms with Gasteiger partial charge < -0.3 is 4.74 Å². The number of non-ortho nitro benzene ring substituents is 1. The van der Waals surface area contributed by atoms with Gasteiger partial charge in [0.05, 0.1) is 29.4 Å². The lowest BCUT2D eigenvalue weighted by molar-refractivity contribution is -0.384. The molecule has 124 valence electrons. The molecular weight excluding hydrogens is 330 g/mol. The van der Waals surface area contributed by atoms with Crippen LogP contribution in [0.4, 0.5) is 5.69 Å². The van der Waals surface area contributed by atoms with E-state index in [9.17, 15) is 14.9 Å². The summed E-state index contributed by atoms with van der Waals surface area (Å²) in [5.74, 6) is 0.522. The molecule has 0 fully saturated rings. The van der Waals surface area contributed by atoms with Crippen molar-refractivity contribution in [3.63, 3.8) is 0 Å². The van der Waals surface area contributed by atoms with Crippen molar-refractivity contribution in [1.29, 1.82) is 0 Å². The van der Waals surface area contributed by atoms with Crippen LogP contribution in [-0.4, -0.2) is 20.6 Å². The minimum atomic E-state index is -0.466. The average Bonchev–Trinajstić information content (AvgIpc) is 3.00. The predicted molar refractivity (Wildman–Crippen MR) is 91.8 cm³/mol. The van der Waals surface area contributed by atoms with Gasteiger partial charge in [0.15, 0.2) is 0 Å². The molecular formula is C16H15N3O4S. The molecule has 0 N–H and O–H groups in total. The maximum Gasteiger partial charge on any atom is 0.271 e. The Morgan fingerprint density at radius 3 is 2.88 bits per heavy atom. The fourth-order valence-electron chi connectivity index (χ4n) is 2.35. The normalized spacial score (nSPS) is 11.1. The first kappa shape index (κ1) is 16.1. The van der Waals surface area contributed by atoms with Crippen LogP contribution < -0.4 is 10.3 Å². The van der Waals surface area contributed by atoms with Gasteiger partial charge in [-0.25, -0.2) is 4.98 Å².